The van der Waals surface area contributed by atoms with Crippen LogP contribution < -0.4 is 10.6 Å². The van der Waals surface area contributed by atoms with Gasteiger partial charge in [0.1, 0.15) is 0 Å². The van der Waals surface area contributed by atoms with Crippen molar-refractivity contribution < 1.29 is 9.21 Å². The van der Waals surface area contributed by atoms with Crippen LogP contribution in [0.5, 0.6) is 0 Å². The minimum Gasteiger partial charge on any atom is -0.441 e. The maximum atomic E-state index is 11.7. The average molecular weight is 322 g/mol. The van der Waals surface area contributed by atoms with Crippen molar-refractivity contribution in [2.24, 2.45) is 0 Å². The summed E-state index contributed by atoms with van der Waals surface area (Å²) in [7, 11) is 1.89. The first kappa shape index (κ1) is 16.5. The number of halogens is 1. The predicted octanol–water partition coefficient (Wildman–Crippen LogP) is 2.65. The molecule has 22 heavy (non-hydrogen) atoms. The highest BCUT2D eigenvalue weighted by atomic mass is 35.5. The molecule has 0 saturated heterocycles. The third-order valence-corrected chi connectivity index (χ3v) is 3.51. The van der Waals surface area contributed by atoms with Gasteiger partial charge >= 0.3 is 0 Å². The molecule has 1 aromatic carbocycles. The van der Waals surface area contributed by atoms with Crippen LogP contribution in [0.25, 0.3) is 11.3 Å². The van der Waals surface area contributed by atoms with E-state index in [4.69, 9.17) is 16.0 Å². The third-order valence-electron chi connectivity index (χ3n) is 3.18. The molecular formula is C16H20ClN3O2. The van der Waals surface area contributed by atoms with Gasteiger partial charge in [-0.1, -0.05) is 23.7 Å². The zero-order chi connectivity index (χ0) is 15.8. The SMILES string of the molecule is CNCCCNC(=O)CCc1ncc(-c2ccccc2Cl)o1. The summed E-state index contributed by atoms with van der Waals surface area (Å²) in [5, 5.41) is 6.52. The van der Waals surface area contributed by atoms with Crippen molar-refractivity contribution in [2.45, 2.75) is 19.3 Å². The topological polar surface area (TPSA) is 67.2 Å². The van der Waals surface area contributed by atoms with E-state index in [1.807, 2.05) is 25.2 Å². The summed E-state index contributed by atoms with van der Waals surface area (Å²) in [4.78, 5) is 15.9. The number of aromatic nitrogens is 1. The largest absolute Gasteiger partial charge is 0.441 e. The molecule has 2 N–H and O–H groups in total. The summed E-state index contributed by atoms with van der Waals surface area (Å²) in [6.45, 7) is 1.57. The Morgan fingerprint density at radius 3 is 2.91 bits per heavy atom. The highest BCUT2D eigenvalue weighted by molar-refractivity contribution is 6.33. The quantitative estimate of drug-likeness (QED) is 0.734. The van der Waals surface area contributed by atoms with Gasteiger partial charge in [-0.25, -0.2) is 4.98 Å². The Bertz CT molecular complexity index is 613. The number of rotatable bonds is 8. The molecule has 2 aromatic rings. The first-order valence-corrected chi connectivity index (χ1v) is 7.69. The van der Waals surface area contributed by atoms with E-state index in [1.54, 1.807) is 12.3 Å². The molecule has 0 atom stereocenters. The summed E-state index contributed by atoms with van der Waals surface area (Å²) in [5.41, 5.74) is 0.805. The number of nitrogens with one attached hydrogen (secondary N) is 2. The monoisotopic (exact) mass is 321 g/mol. The lowest BCUT2D eigenvalue weighted by Crippen LogP contribution is -2.26. The van der Waals surface area contributed by atoms with Gasteiger partial charge in [-0.15, -0.1) is 0 Å². The van der Waals surface area contributed by atoms with Gasteiger partial charge in [0.15, 0.2) is 11.7 Å². The molecule has 1 aromatic heterocycles. The molecule has 2 rings (SSSR count). The first-order chi connectivity index (χ1) is 10.7. The van der Waals surface area contributed by atoms with E-state index in [2.05, 4.69) is 15.6 Å². The molecule has 0 radical (unpaired) electrons. The van der Waals surface area contributed by atoms with Crippen molar-refractivity contribution in [2.75, 3.05) is 20.1 Å². The maximum Gasteiger partial charge on any atom is 0.220 e. The second-order valence-corrected chi connectivity index (χ2v) is 5.31. The summed E-state index contributed by atoms with van der Waals surface area (Å²) in [6.07, 6.45) is 3.39. The van der Waals surface area contributed by atoms with E-state index in [9.17, 15) is 4.79 Å². The second-order valence-electron chi connectivity index (χ2n) is 4.91. The molecule has 0 fully saturated rings. The minimum absolute atomic E-state index is 0.00796. The van der Waals surface area contributed by atoms with Crippen LogP contribution in [0.2, 0.25) is 5.02 Å². The highest BCUT2D eigenvalue weighted by Crippen LogP contribution is 2.28. The van der Waals surface area contributed by atoms with Crippen LogP contribution in [0.3, 0.4) is 0 Å². The van der Waals surface area contributed by atoms with Gasteiger partial charge in [-0.3, -0.25) is 4.79 Å². The molecular weight excluding hydrogens is 302 g/mol. The van der Waals surface area contributed by atoms with Gasteiger partial charge in [0.2, 0.25) is 5.91 Å². The van der Waals surface area contributed by atoms with Gasteiger partial charge in [0.05, 0.1) is 11.2 Å². The van der Waals surface area contributed by atoms with E-state index in [-0.39, 0.29) is 5.91 Å². The fraction of sp³-hybridized carbons (Fsp3) is 0.375. The van der Waals surface area contributed by atoms with E-state index in [0.717, 1.165) is 18.5 Å². The number of aryl methyl sites for hydroxylation is 1. The number of carbonyl (C=O) groups excluding carboxylic acids is 1. The Hall–Kier alpha value is -1.85. The van der Waals surface area contributed by atoms with Crippen LogP contribution in [0.4, 0.5) is 0 Å². The Morgan fingerprint density at radius 2 is 2.14 bits per heavy atom. The maximum absolute atomic E-state index is 11.7. The van der Waals surface area contributed by atoms with Gasteiger partial charge in [0, 0.05) is 24.9 Å². The molecule has 1 amide bonds. The number of hydrogen-bond acceptors (Lipinski definition) is 4. The van der Waals surface area contributed by atoms with Gasteiger partial charge in [-0.05, 0) is 32.1 Å². The Labute approximate surface area is 135 Å². The van der Waals surface area contributed by atoms with Crippen LogP contribution in [-0.2, 0) is 11.2 Å². The van der Waals surface area contributed by atoms with Crippen molar-refractivity contribution in [1.29, 1.82) is 0 Å². The van der Waals surface area contributed by atoms with Crippen LogP contribution in [-0.4, -0.2) is 31.0 Å². The molecule has 0 aliphatic carbocycles. The van der Waals surface area contributed by atoms with Crippen molar-refractivity contribution in [3.8, 4) is 11.3 Å². The first-order valence-electron chi connectivity index (χ1n) is 7.31. The summed E-state index contributed by atoms with van der Waals surface area (Å²) in [5.74, 6) is 1.17. The number of hydrogen-bond donors (Lipinski definition) is 2. The smallest absolute Gasteiger partial charge is 0.220 e. The van der Waals surface area contributed by atoms with Gasteiger partial charge in [-0.2, -0.15) is 0 Å². The Kier molecular flexibility index (Phi) is 6.43. The fourth-order valence-corrected chi connectivity index (χ4v) is 2.24. The molecule has 118 valence electrons. The predicted molar refractivity (Wildman–Crippen MR) is 86.8 cm³/mol. The molecule has 6 heteroatoms. The van der Waals surface area contributed by atoms with Crippen LogP contribution in [0.1, 0.15) is 18.7 Å². The van der Waals surface area contributed by atoms with Crippen molar-refractivity contribution in [1.82, 2.24) is 15.6 Å². The van der Waals surface area contributed by atoms with E-state index in [0.29, 0.717) is 36.1 Å². The Morgan fingerprint density at radius 1 is 1.32 bits per heavy atom. The summed E-state index contributed by atoms with van der Waals surface area (Å²) < 4.78 is 5.66. The van der Waals surface area contributed by atoms with E-state index >= 15 is 0 Å². The second kappa shape index (κ2) is 8.56. The number of oxazole rings is 1. The van der Waals surface area contributed by atoms with Crippen molar-refractivity contribution >= 4 is 17.5 Å². The molecule has 0 spiro atoms. The molecule has 0 bridgehead atoms. The number of carbonyl (C=O) groups is 1. The van der Waals surface area contributed by atoms with Crippen LogP contribution >= 0.6 is 11.6 Å². The number of benzene rings is 1. The normalized spacial score (nSPS) is 10.6. The lowest BCUT2D eigenvalue weighted by molar-refractivity contribution is -0.121. The molecule has 0 aliphatic heterocycles. The molecule has 0 aliphatic rings. The lowest BCUT2D eigenvalue weighted by Gasteiger charge is -2.03. The van der Waals surface area contributed by atoms with Crippen molar-refractivity contribution in [3.05, 3.63) is 41.4 Å². The average Bonchev–Trinajstić information content (AvgIpc) is 2.99. The van der Waals surface area contributed by atoms with Crippen molar-refractivity contribution in [3.63, 3.8) is 0 Å². The number of nitrogens with zero attached hydrogens (tertiary/aromatic N) is 1. The standard InChI is InChI=1S/C16H20ClN3O2/c1-18-9-4-10-19-15(21)7-8-16-20-11-14(22-16)12-5-2-3-6-13(12)17/h2-3,5-6,11,18H,4,7-10H2,1H3,(H,19,21). The van der Waals surface area contributed by atoms with Gasteiger partial charge < -0.3 is 15.1 Å². The molecule has 0 saturated carbocycles. The summed E-state index contributed by atoms with van der Waals surface area (Å²) in [6, 6.07) is 7.43. The van der Waals surface area contributed by atoms with Gasteiger partial charge in [0.25, 0.3) is 0 Å². The fourth-order valence-electron chi connectivity index (χ4n) is 2.01. The zero-order valence-electron chi connectivity index (χ0n) is 12.6. The minimum atomic E-state index is 0.00796. The molecule has 0 unspecified atom stereocenters. The number of amides is 1. The summed E-state index contributed by atoms with van der Waals surface area (Å²) >= 11 is 6.12. The zero-order valence-corrected chi connectivity index (χ0v) is 13.3. The van der Waals surface area contributed by atoms with Crippen LogP contribution in [0, 0.1) is 0 Å². The highest BCUT2D eigenvalue weighted by Gasteiger charge is 2.10. The van der Waals surface area contributed by atoms with Crippen LogP contribution in [0.15, 0.2) is 34.9 Å². The third kappa shape index (κ3) is 4.86. The molecule has 5 nitrogen and oxygen atoms in total. The lowest BCUT2D eigenvalue weighted by atomic mass is 10.2. The molecule has 1 heterocycles. The van der Waals surface area contributed by atoms with E-state index in [1.165, 1.54) is 0 Å². The Balaban J connectivity index is 1.83. The van der Waals surface area contributed by atoms with E-state index < -0.39 is 0 Å².